The molecule has 2 aromatic carbocycles. The zero-order valence-corrected chi connectivity index (χ0v) is 20.9. The van der Waals surface area contributed by atoms with Crippen LogP contribution in [0.3, 0.4) is 0 Å². The van der Waals surface area contributed by atoms with Gasteiger partial charge in [-0.1, -0.05) is 38.1 Å². The summed E-state index contributed by atoms with van der Waals surface area (Å²) in [6.07, 6.45) is 5.08. The molecule has 0 aliphatic heterocycles. The van der Waals surface area contributed by atoms with Gasteiger partial charge in [0.15, 0.2) is 5.82 Å². The highest BCUT2D eigenvalue weighted by Gasteiger charge is 2.27. The molecule has 1 fully saturated rings. The van der Waals surface area contributed by atoms with E-state index >= 15 is 4.39 Å². The molecular weight excluding hydrogens is 467 g/mol. The van der Waals surface area contributed by atoms with Crippen molar-refractivity contribution in [3.63, 3.8) is 0 Å². The Morgan fingerprint density at radius 1 is 1.22 bits per heavy atom. The van der Waals surface area contributed by atoms with Gasteiger partial charge in [-0.05, 0) is 48.1 Å². The van der Waals surface area contributed by atoms with Crippen molar-refractivity contribution in [1.29, 1.82) is 10.5 Å². The molecule has 0 unspecified atom stereocenters. The fourth-order valence-electron chi connectivity index (χ4n) is 4.04. The Kier molecular flexibility index (Phi) is 5.90. The van der Waals surface area contributed by atoms with E-state index in [1.807, 2.05) is 0 Å². The Balaban J connectivity index is 1.64. The molecule has 0 amide bonds. The minimum absolute atomic E-state index is 0.0911. The van der Waals surface area contributed by atoms with Crippen LogP contribution in [-0.4, -0.2) is 26.5 Å². The lowest BCUT2D eigenvalue weighted by Gasteiger charge is -2.22. The number of nitrogens with one attached hydrogen (secondary N) is 2. The molecule has 2 heterocycles. The molecular formula is C28H27FN8. The van der Waals surface area contributed by atoms with E-state index in [0.717, 1.165) is 12.8 Å². The molecule has 0 radical (unpaired) electrons. The zero-order chi connectivity index (χ0) is 27.1. The lowest BCUT2D eigenvalue weighted by molar-refractivity contribution is 0.443. The lowest BCUT2D eigenvalue weighted by Crippen LogP contribution is -2.20. The number of aromatic nitrogens is 4. The largest absolute Gasteiger partial charge is 0.383 e. The van der Waals surface area contributed by atoms with Crippen molar-refractivity contribution in [2.24, 2.45) is 5.41 Å². The predicted octanol–water partition coefficient (Wildman–Crippen LogP) is 5.70. The first-order chi connectivity index (χ1) is 18.1. The van der Waals surface area contributed by atoms with E-state index in [2.05, 4.69) is 58.8 Å². The van der Waals surface area contributed by atoms with Crippen LogP contribution < -0.4 is 10.6 Å². The molecule has 0 saturated heterocycles. The van der Waals surface area contributed by atoms with Gasteiger partial charge in [-0.25, -0.2) is 9.07 Å². The minimum Gasteiger partial charge on any atom is -0.383 e. The van der Waals surface area contributed by atoms with Crippen molar-refractivity contribution in [2.45, 2.75) is 45.7 Å². The molecule has 1 saturated carbocycles. The molecule has 0 bridgehead atoms. The Morgan fingerprint density at radius 2 is 2.03 bits per heavy atom. The number of nitriles is 2. The van der Waals surface area contributed by atoms with Crippen molar-refractivity contribution in [3.8, 4) is 12.1 Å². The topological polar surface area (TPSA) is 115 Å². The van der Waals surface area contributed by atoms with Crippen LogP contribution in [0, 0.1) is 33.9 Å². The lowest BCUT2D eigenvalue weighted by atomic mass is 9.96. The summed E-state index contributed by atoms with van der Waals surface area (Å²) in [4.78, 5) is 4.19. The first-order valence-electron chi connectivity index (χ1n) is 12.6. The highest BCUT2D eigenvalue weighted by molar-refractivity contribution is 5.96. The maximum absolute atomic E-state index is 15.4. The smallest absolute Gasteiger partial charge is 0.151 e. The number of halogens is 1. The first-order valence-corrected chi connectivity index (χ1v) is 12.1. The van der Waals surface area contributed by atoms with Crippen molar-refractivity contribution in [1.82, 2.24) is 20.0 Å². The number of nitrogens with zero attached hydrogens (tertiary/aromatic N) is 6. The van der Waals surface area contributed by atoms with Gasteiger partial charge in [0.25, 0.3) is 0 Å². The van der Waals surface area contributed by atoms with E-state index in [0.29, 0.717) is 45.7 Å². The van der Waals surface area contributed by atoms with E-state index in [4.69, 9.17) is 0 Å². The maximum atomic E-state index is 15.4. The minimum atomic E-state index is -1.68. The summed E-state index contributed by atoms with van der Waals surface area (Å²) >= 11 is 0. The number of hydrogen-bond donors (Lipinski definition) is 2. The number of benzene rings is 2. The molecule has 1 aliphatic rings. The van der Waals surface area contributed by atoms with Gasteiger partial charge in [-0.15, -0.1) is 5.10 Å². The summed E-state index contributed by atoms with van der Waals surface area (Å²) in [5.74, 6) is -0.594. The van der Waals surface area contributed by atoms with Crippen LogP contribution in [-0.2, 0) is 0 Å². The summed E-state index contributed by atoms with van der Waals surface area (Å²) in [6.45, 7) is 6.72. The van der Waals surface area contributed by atoms with Crippen molar-refractivity contribution in [3.05, 3.63) is 77.0 Å². The summed E-state index contributed by atoms with van der Waals surface area (Å²) in [5.41, 5.74) is 2.26. The highest BCUT2D eigenvalue weighted by Crippen LogP contribution is 2.36. The average molecular weight is 496 g/mol. The molecule has 186 valence electrons. The van der Waals surface area contributed by atoms with Crippen LogP contribution >= 0.6 is 0 Å². The fourth-order valence-corrected chi connectivity index (χ4v) is 4.04. The van der Waals surface area contributed by atoms with Crippen LogP contribution in [0.1, 0.15) is 69.4 Å². The van der Waals surface area contributed by atoms with Crippen LogP contribution in [0.2, 0.25) is 0 Å². The van der Waals surface area contributed by atoms with E-state index in [1.165, 1.54) is 12.3 Å². The molecule has 0 spiro atoms. The normalized spacial score (nSPS) is 15.4. The highest BCUT2D eigenvalue weighted by atomic mass is 19.1. The fraction of sp³-hybridized carbons (Fsp3) is 0.321. The monoisotopic (exact) mass is 495 g/mol. The molecule has 5 rings (SSSR count). The molecule has 2 aromatic heterocycles. The van der Waals surface area contributed by atoms with Gasteiger partial charge in [0.2, 0.25) is 0 Å². The standard InChI is InChI=1S/C28H27FN8/c1-28(2,3)16-33-25-19(13-31)14-32-27-22(25)10-20(11-23(27)29)34-26(18-6-4-5-17(9-18)12-30)24-15-37(36-35-24)21-7-8-21/h4-6,9-11,14-15,21,26,34H,7-8,16H2,1-3H3,(H,32,33)/t26-/m0/s1/i26D. The van der Waals surface area contributed by atoms with E-state index in [1.54, 1.807) is 41.2 Å². The van der Waals surface area contributed by atoms with Gasteiger partial charge >= 0.3 is 0 Å². The first kappa shape index (κ1) is 22.9. The third kappa shape index (κ3) is 5.22. The molecule has 1 aliphatic carbocycles. The molecule has 4 aromatic rings. The van der Waals surface area contributed by atoms with Gasteiger partial charge in [-0.3, -0.25) is 4.98 Å². The molecule has 8 nitrogen and oxygen atoms in total. The second kappa shape index (κ2) is 9.51. The van der Waals surface area contributed by atoms with Gasteiger partial charge in [0.05, 0.1) is 42.5 Å². The maximum Gasteiger partial charge on any atom is 0.151 e. The Morgan fingerprint density at radius 3 is 2.73 bits per heavy atom. The van der Waals surface area contributed by atoms with E-state index < -0.39 is 11.8 Å². The average Bonchev–Trinajstić information content (AvgIpc) is 3.62. The SMILES string of the molecule is [2H][C@](Nc1cc(F)c2ncc(C#N)c(NCC(C)(C)C)c2c1)(c1cccc(C#N)c1)c1cn(C2CC2)nn1. The second-order valence-electron chi connectivity index (χ2n) is 10.4. The summed E-state index contributed by atoms with van der Waals surface area (Å²) in [5, 5.41) is 34.5. The number of pyridine rings is 1. The summed E-state index contributed by atoms with van der Waals surface area (Å²) in [6, 6.07) is 12.5. The van der Waals surface area contributed by atoms with Gasteiger partial charge in [-0.2, -0.15) is 10.5 Å². The molecule has 37 heavy (non-hydrogen) atoms. The zero-order valence-electron chi connectivity index (χ0n) is 21.9. The number of anilines is 2. The number of fused-ring (bicyclic) bond motifs is 1. The third-order valence-electron chi connectivity index (χ3n) is 6.08. The summed E-state index contributed by atoms with van der Waals surface area (Å²) < 4.78 is 26.7. The van der Waals surface area contributed by atoms with Crippen molar-refractivity contribution in [2.75, 3.05) is 17.2 Å². The molecule has 9 heteroatoms. The number of hydrogen-bond acceptors (Lipinski definition) is 7. The van der Waals surface area contributed by atoms with Crippen LogP contribution in [0.15, 0.2) is 48.8 Å². The van der Waals surface area contributed by atoms with Crippen molar-refractivity contribution < 1.29 is 5.76 Å². The van der Waals surface area contributed by atoms with Gasteiger partial charge in [0.1, 0.15) is 17.3 Å². The molecule has 2 N–H and O–H groups in total. The number of rotatable bonds is 7. The van der Waals surface area contributed by atoms with Crippen LogP contribution in [0.25, 0.3) is 10.9 Å². The second-order valence-corrected chi connectivity index (χ2v) is 10.4. The van der Waals surface area contributed by atoms with Gasteiger partial charge < -0.3 is 10.6 Å². The Labute approximate surface area is 216 Å². The Bertz CT molecular complexity index is 1610. The summed E-state index contributed by atoms with van der Waals surface area (Å²) in [7, 11) is 0. The van der Waals surface area contributed by atoms with E-state index in [9.17, 15) is 11.9 Å². The van der Waals surface area contributed by atoms with Gasteiger partial charge in [0, 0.05) is 23.8 Å². The van der Waals surface area contributed by atoms with E-state index in [-0.39, 0.29) is 17.0 Å². The van der Waals surface area contributed by atoms with Crippen LogP contribution in [0.5, 0.6) is 0 Å². The molecule has 1 atom stereocenters. The quantitative estimate of drug-likeness (QED) is 0.338. The predicted molar refractivity (Wildman–Crippen MR) is 139 cm³/mol. The third-order valence-corrected chi connectivity index (χ3v) is 6.08. The Hall–Kier alpha value is -4.50. The van der Waals surface area contributed by atoms with Crippen molar-refractivity contribution >= 4 is 22.3 Å². The van der Waals surface area contributed by atoms with Crippen LogP contribution in [0.4, 0.5) is 15.8 Å².